The Labute approximate surface area is 97.3 Å². The monoisotopic (exact) mass is 223 g/mol. The number of carbonyl (C=O) groups excluding carboxylic acids is 1. The summed E-state index contributed by atoms with van der Waals surface area (Å²) >= 11 is 0. The maximum absolute atomic E-state index is 11.2. The van der Waals surface area contributed by atoms with Crippen LogP contribution in [0.3, 0.4) is 0 Å². The molecule has 0 saturated carbocycles. The molecule has 0 bridgehead atoms. The summed E-state index contributed by atoms with van der Waals surface area (Å²) in [6.45, 7) is 6.68. The quantitative estimate of drug-likeness (QED) is 0.590. The number of rotatable bonds is 3. The molecule has 0 amide bonds. The van der Waals surface area contributed by atoms with E-state index in [9.17, 15) is 4.79 Å². The van der Waals surface area contributed by atoms with Crippen LogP contribution in [0.1, 0.15) is 40.0 Å². The summed E-state index contributed by atoms with van der Waals surface area (Å²) in [6.07, 6.45) is 3.48. The number of aldehydes is 1. The molecule has 0 aromatic heterocycles. The van der Waals surface area contributed by atoms with Crippen molar-refractivity contribution >= 4 is 6.29 Å². The van der Waals surface area contributed by atoms with Crippen molar-refractivity contribution in [2.24, 2.45) is 5.73 Å². The van der Waals surface area contributed by atoms with Crippen LogP contribution in [0.5, 0.6) is 0 Å². The lowest BCUT2D eigenvalue weighted by molar-refractivity contribution is -0.104. The third kappa shape index (κ3) is 2.73. The van der Waals surface area contributed by atoms with Crippen molar-refractivity contribution < 1.29 is 9.53 Å². The Morgan fingerprint density at radius 2 is 2.31 bits per heavy atom. The van der Waals surface area contributed by atoms with Gasteiger partial charge in [0, 0.05) is 17.9 Å². The van der Waals surface area contributed by atoms with Crippen LogP contribution in [0.2, 0.25) is 0 Å². The van der Waals surface area contributed by atoms with Crippen molar-refractivity contribution in [3.8, 4) is 0 Å². The van der Waals surface area contributed by atoms with E-state index in [0.717, 1.165) is 42.3 Å². The fourth-order valence-corrected chi connectivity index (χ4v) is 1.90. The zero-order chi connectivity index (χ0) is 12.1. The molecule has 0 saturated heterocycles. The number of nitrogens with two attached hydrogens (primary N) is 1. The van der Waals surface area contributed by atoms with E-state index in [4.69, 9.17) is 10.5 Å². The zero-order valence-electron chi connectivity index (χ0n) is 10.4. The van der Waals surface area contributed by atoms with Crippen molar-refractivity contribution in [1.82, 2.24) is 0 Å². The van der Waals surface area contributed by atoms with Gasteiger partial charge in [-0.2, -0.15) is 0 Å². The smallest absolute Gasteiger partial charge is 0.150 e. The van der Waals surface area contributed by atoms with Crippen LogP contribution in [-0.2, 0) is 9.53 Å². The second-order valence-electron chi connectivity index (χ2n) is 4.22. The van der Waals surface area contributed by atoms with Crippen LogP contribution in [0.4, 0.5) is 0 Å². The third-order valence-corrected chi connectivity index (χ3v) is 3.16. The van der Waals surface area contributed by atoms with Gasteiger partial charge < -0.3 is 10.5 Å². The van der Waals surface area contributed by atoms with Crippen LogP contribution in [0, 0.1) is 0 Å². The summed E-state index contributed by atoms with van der Waals surface area (Å²) in [5.74, 6) is 0. The molecule has 90 valence electrons. The Balaban J connectivity index is 3.16. The predicted molar refractivity (Wildman–Crippen MR) is 64.9 cm³/mol. The number of carbonyl (C=O) groups is 1. The fraction of sp³-hybridized carbons (Fsp3) is 0.615. The highest BCUT2D eigenvalue weighted by atomic mass is 16.5. The van der Waals surface area contributed by atoms with Crippen molar-refractivity contribution in [2.45, 2.75) is 46.1 Å². The van der Waals surface area contributed by atoms with Gasteiger partial charge in [-0.25, -0.2) is 0 Å². The molecule has 0 radical (unpaired) electrons. The minimum Gasteiger partial charge on any atom is -0.400 e. The van der Waals surface area contributed by atoms with Gasteiger partial charge in [0.05, 0.1) is 6.10 Å². The zero-order valence-corrected chi connectivity index (χ0v) is 10.4. The first-order valence-corrected chi connectivity index (χ1v) is 5.87. The molecule has 1 rings (SSSR count). The first-order chi connectivity index (χ1) is 7.61. The summed E-state index contributed by atoms with van der Waals surface area (Å²) in [5.41, 5.74) is 9.63. The molecule has 3 nitrogen and oxygen atoms in total. The van der Waals surface area contributed by atoms with Gasteiger partial charge in [-0.1, -0.05) is 12.5 Å². The molecule has 3 heteroatoms. The van der Waals surface area contributed by atoms with Gasteiger partial charge in [0.1, 0.15) is 6.29 Å². The number of hydrogen-bond acceptors (Lipinski definition) is 3. The molecule has 1 aliphatic heterocycles. The van der Waals surface area contributed by atoms with Gasteiger partial charge in [0.25, 0.3) is 0 Å². The molecule has 16 heavy (non-hydrogen) atoms. The van der Waals surface area contributed by atoms with Crippen molar-refractivity contribution in [3.05, 3.63) is 22.4 Å². The van der Waals surface area contributed by atoms with E-state index in [1.807, 2.05) is 20.8 Å². The van der Waals surface area contributed by atoms with Gasteiger partial charge in [-0.3, -0.25) is 4.79 Å². The minimum absolute atomic E-state index is 0.0860. The van der Waals surface area contributed by atoms with Crippen LogP contribution >= 0.6 is 0 Å². The SMILES string of the molecule is CC/C(C)=C(\C=O)C1=C(N)C(C)OCCC1. The first kappa shape index (κ1) is 13.0. The number of hydrogen-bond donors (Lipinski definition) is 1. The highest BCUT2D eigenvalue weighted by Crippen LogP contribution is 2.26. The number of allylic oxidation sites excluding steroid dienone is 3. The van der Waals surface area contributed by atoms with Crippen molar-refractivity contribution in [2.75, 3.05) is 6.61 Å². The molecule has 0 fully saturated rings. The Morgan fingerprint density at radius 3 is 2.88 bits per heavy atom. The molecule has 0 aromatic rings. The predicted octanol–water partition coefficient (Wildman–Crippen LogP) is 2.32. The lowest BCUT2D eigenvalue weighted by atomic mass is 9.94. The summed E-state index contributed by atoms with van der Waals surface area (Å²) in [4.78, 5) is 11.2. The molecule has 0 aliphatic carbocycles. The standard InChI is InChI=1S/C13H21NO2/c1-4-9(2)12(8-15)11-6-5-7-16-10(3)13(11)14/h8,10H,4-7,14H2,1-3H3/b12-9+. The lowest BCUT2D eigenvalue weighted by Crippen LogP contribution is -2.19. The second kappa shape index (κ2) is 5.85. The molecule has 2 N–H and O–H groups in total. The van der Waals surface area contributed by atoms with E-state index in [2.05, 4.69) is 0 Å². The van der Waals surface area contributed by atoms with Gasteiger partial charge in [-0.15, -0.1) is 0 Å². The Kier molecular flexibility index (Phi) is 4.74. The number of ether oxygens (including phenoxy) is 1. The average molecular weight is 223 g/mol. The van der Waals surface area contributed by atoms with Gasteiger partial charge in [0.2, 0.25) is 0 Å². The van der Waals surface area contributed by atoms with E-state index < -0.39 is 0 Å². The second-order valence-corrected chi connectivity index (χ2v) is 4.22. The molecular weight excluding hydrogens is 202 g/mol. The largest absolute Gasteiger partial charge is 0.400 e. The topological polar surface area (TPSA) is 52.3 Å². The minimum atomic E-state index is -0.0860. The summed E-state index contributed by atoms with van der Waals surface area (Å²) in [5, 5.41) is 0. The molecule has 1 heterocycles. The van der Waals surface area contributed by atoms with Crippen molar-refractivity contribution in [3.63, 3.8) is 0 Å². The van der Waals surface area contributed by atoms with Gasteiger partial charge >= 0.3 is 0 Å². The Morgan fingerprint density at radius 1 is 1.62 bits per heavy atom. The molecular formula is C13H21NO2. The molecule has 0 spiro atoms. The van der Waals surface area contributed by atoms with Crippen LogP contribution in [-0.4, -0.2) is 19.0 Å². The maximum atomic E-state index is 11.2. The average Bonchev–Trinajstić information content (AvgIpc) is 2.45. The highest BCUT2D eigenvalue weighted by molar-refractivity contribution is 5.81. The molecule has 1 unspecified atom stereocenters. The summed E-state index contributed by atoms with van der Waals surface area (Å²) in [7, 11) is 0. The van der Waals surface area contributed by atoms with E-state index in [0.29, 0.717) is 12.3 Å². The maximum Gasteiger partial charge on any atom is 0.150 e. The molecule has 0 aromatic carbocycles. The van der Waals surface area contributed by atoms with Crippen LogP contribution < -0.4 is 5.73 Å². The van der Waals surface area contributed by atoms with Crippen LogP contribution in [0.15, 0.2) is 22.4 Å². The summed E-state index contributed by atoms with van der Waals surface area (Å²) < 4.78 is 5.53. The van der Waals surface area contributed by atoms with E-state index >= 15 is 0 Å². The lowest BCUT2D eigenvalue weighted by Gasteiger charge is -2.15. The summed E-state index contributed by atoms with van der Waals surface area (Å²) in [6, 6.07) is 0. The normalized spacial score (nSPS) is 23.8. The van der Waals surface area contributed by atoms with Gasteiger partial charge in [-0.05, 0) is 38.7 Å². The Bertz CT molecular complexity index is 329. The van der Waals surface area contributed by atoms with E-state index in [1.54, 1.807) is 0 Å². The van der Waals surface area contributed by atoms with E-state index in [-0.39, 0.29) is 6.10 Å². The van der Waals surface area contributed by atoms with Crippen LogP contribution in [0.25, 0.3) is 0 Å². The highest BCUT2D eigenvalue weighted by Gasteiger charge is 2.19. The fourth-order valence-electron chi connectivity index (χ4n) is 1.90. The van der Waals surface area contributed by atoms with Crippen molar-refractivity contribution in [1.29, 1.82) is 0 Å². The Hall–Kier alpha value is -1.09. The first-order valence-electron chi connectivity index (χ1n) is 5.87. The molecule has 1 aliphatic rings. The third-order valence-electron chi connectivity index (χ3n) is 3.16. The van der Waals surface area contributed by atoms with Gasteiger partial charge in [0.15, 0.2) is 0 Å². The molecule has 1 atom stereocenters. The van der Waals surface area contributed by atoms with E-state index in [1.165, 1.54) is 0 Å².